The topological polar surface area (TPSA) is 126 Å². The zero-order valence-corrected chi connectivity index (χ0v) is 24.5. The summed E-state index contributed by atoms with van der Waals surface area (Å²) in [5.41, 5.74) is 1.15. The van der Waals surface area contributed by atoms with E-state index in [-0.39, 0.29) is 30.0 Å². The number of aliphatic carboxylic acids is 1. The van der Waals surface area contributed by atoms with Crippen LogP contribution in [-0.2, 0) is 25.5 Å². The van der Waals surface area contributed by atoms with Gasteiger partial charge in [0.15, 0.2) is 6.10 Å². The highest BCUT2D eigenvalue weighted by Gasteiger charge is 2.31. The molecule has 0 aliphatic heterocycles. The van der Waals surface area contributed by atoms with Gasteiger partial charge in [0, 0.05) is 44.3 Å². The maximum atomic E-state index is 13.2. The minimum atomic E-state index is -0.926. The van der Waals surface area contributed by atoms with Gasteiger partial charge >= 0.3 is 11.9 Å². The van der Waals surface area contributed by atoms with Crippen LogP contribution in [0.2, 0.25) is 0 Å². The smallest absolute Gasteiger partial charge is 0.306 e. The van der Waals surface area contributed by atoms with Gasteiger partial charge in [0.1, 0.15) is 10.7 Å². The number of rotatable bonds is 15. The first-order chi connectivity index (χ1) is 18.4. The average molecular weight is 560 g/mol. The second kappa shape index (κ2) is 15.4. The Balaban J connectivity index is 2.24. The number of carboxylic acids is 1. The van der Waals surface area contributed by atoms with Crippen LogP contribution in [0.4, 0.5) is 0 Å². The molecule has 2 aromatic rings. The summed E-state index contributed by atoms with van der Waals surface area (Å²) < 4.78 is 5.61. The Morgan fingerprint density at radius 1 is 1.10 bits per heavy atom. The van der Waals surface area contributed by atoms with Crippen LogP contribution in [0.15, 0.2) is 35.7 Å². The van der Waals surface area contributed by atoms with Crippen molar-refractivity contribution >= 4 is 35.1 Å². The van der Waals surface area contributed by atoms with Gasteiger partial charge in [-0.1, -0.05) is 58.0 Å². The van der Waals surface area contributed by atoms with Crippen LogP contribution in [0.1, 0.15) is 87.5 Å². The maximum absolute atomic E-state index is 13.2. The molecule has 2 N–H and O–H groups in total. The molecule has 0 saturated carbocycles. The van der Waals surface area contributed by atoms with E-state index in [0.717, 1.165) is 12.0 Å². The molecule has 0 spiro atoms. The third kappa shape index (κ3) is 10.1. The average Bonchev–Trinajstić information content (AvgIpc) is 3.37. The number of carbonyl (C=O) groups is 4. The molecule has 9 nitrogen and oxygen atoms in total. The summed E-state index contributed by atoms with van der Waals surface area (Å²) in [6.07, 6.45) is 1.55. The van der Waals surface area contributed by atoms with Gasteiger partial charge in [-0.15, -0.1) is 11.3 Å². The Morgan fingerprint density at radius 2 is 1.77 bits per heavy atom. The largest absolute Gasteiger partial charge is 0.481 e. The lowest BCUT2D eigenvalue weighted by molar-refractivity contribution is -0.148. The van der Waals surface area contributed by atoms with E-state index in [2.05, 4.69) is 10.3 Å². The van der Waals surface area contributed by atoms with Crippen LogP contribution in [0.5, 0.6) is 0 Å². The fourth-order valence-electron chi connectivity index (χ4n) is 4.49. The lowest BCUT2D eigenvalue weighted by atomic mass is 9.96. The highest BCUT2D eigenvalue weighted by atomic mass is 32.1. The van der Waals surface area contributed by atoms with Gasteiger partial charge in [-0.25, -0.2) is 4.98 Å². The van der Waals surface area contributed by atoms with Crippen molar-refractivity contribution in [3.05, 3.63) is 52.0 Å². The molecule has 214 valence electrons. The molecule has 0 bridgehead atoms. The van der Waals surface area contributed by atoms with Crippen LogP contribution >= 0.6 is 11.3 Å². The molecule has 1 aromatic carbocycles. The van der Waals surface area contributed by atoms with E-state index in [4.69, 9.17) is 4.74 Å². The quantitative estimate of drug-likeness (QED) is 0.298. The SMILES string of the molecule is CCCC(=O)N(C)[C@H](C[C@@H](OC(C)=O)c1nc(C(=O)N[C@@H](Cc2ccccc2)C[C@H](C)C(=O)O)cs1)C(C)C. The van der Waals surface area contributed by atoms with E-state index < -0.39 is 35.9 Å². The fraction of sp³-hybridized carbons (Fsp3) is 0.552. The Bertz CT molecular complexity index is 1100. The Morgan fingerprint density at radius 3 is 2.33 bits per heavy atom. The first-order valence-electron chi connectivity index (χ1n) is 13.4. The number of aromatic nitrogens is 1. The number of carbonyl (C=O) groups excluding carboxylic acids is 3. The second-order valence-electron chi connectivity index (χ2n) is 10.3. The molecule has 1 aromatic heterocycles. The molecule has 0 fully saturated rings. The molecule has 0 aliphatic rings. The van der Waals surface area contributed by atoms with Crippen LogP contribution in [-0.4, -0.2) is 57.9 Å². The first kappa shape index (κ1) is 31.9. The number of nitrogens with zero attached hydrogens (tertiary/aromatic N) is 2. The predicted molar refractivity (Wildman–Crippen MR) is 150 cm³/mol. The zero-order valence-electron chi connectivity index (χ0n) is 23.7. The van der Waals surface area contributed by atoms with Crippen molar-refractivity contribution in [1.29, 1.82) is 0 Å². The standard InChI is InChI=1S/C29H41N3O6S/c1-7-11-26(34)32(6)24(18(2)3)16-25(38-20(5)33)28-31-23(17-39-28)27(35)30-22(14-19(4)29(36)37)15-21-12-9-8-10-13-21/h8-10,12-13,17-19,22,24-25H,7,11,14-16H2,1-6H3,(H,30,35)(H,36,37)/t19-,22+,24+,25+/m0/s1. The number of hydrogen-bond acceptors (Lipinski definition) is 7. The van der Waals surface area contributed by atoms with E-state index in [9.17, 15) is 24.3 Å². The summed E-state index contributed by atoms with van der Waals surface area (Å²) in [6.45, 7) is 8.91. The number of thiazole rings is 1. The highest BCUT2D eigenvalue weighted by molar-refractivity contribution is 7.09. The van der Waals surface area contributed by atoms with Crippen LogP contribution in [0.3, 0.4) is 0 Å². The van der Waals surface area contributed by atoms with Crippen molar-refractivity contribution in [3.63, 3.8) is 0 Å². The van der Waals surface area contributed by atoms with Gasteiger partial charge in [0.05, 0.1) is 5.92 Å². The van der Waals surface area contributed by atoms with Gasteiger partial charge in [-0.3, -0.25) is 19.2 Å². The summed E-state index contributed by atoms with van der Waals surface area (Å²) in [6, 6.07) is 8.95. The minimum absolute atomic E-state index is 0.0250. The number of nitrogens with one attached hydrogen (secondary N) is 1. The molecule has 4 atom stereocenters. The highest BCUT2D eigenvalue weighted by Crippen LogP contribution is 2.30. The van der Waals surface area contributed by atoms with Crippen molar-refractivity contribution in [2.24, 2.45) is 11.8 Å². The van der Waals surface area contributed by atoms with Gasteiger partial charge in [0.2, 0.25) is 5.91 Å². The fourth-order valence-corrected chi connectivity index (χ4v) is 5.33. The number of esters is 1. The number of carboxylic acid groups (broad SMARTS) is 1. The molecule has 1 heterocycles. The molecule has 39 heavy (non-hydrogen) atoms. The molecule has 10 heteroatoms. The summed E-state index contributed by atoms with van der Waals surface area (Å²) in [7, 11) is 1.76. The van der Waals surface area contributed by atoms with Crippen molar-refractivity contribution in [2.75, 3.05) is 7.05 Å². The molecule has 2 amide bonds. The summed E-state index contributed by atoms with van der Waals surface area (Å²) in [4.78, 5) is 55.4. The van der Waals surface area contributed by atoms with E-state index >= 15 is 0 Å². The van der Waals surface area contributed by atoms with E-state index in [1.54, 1.807) is 24.3 Å². The third-order valence-electron chi connectivity index (χ3n) is 6.64. The minimum Gasteiger partial charge on any atom is -0.481 e. The van der Waals surface area contributed by atoms with E-state index in [0.29, 0.717) is 24.3 Å². The number of benzene rings is 1. The van der Waals surface area contributed by atoms with Crippen molar-refractivity contribution < 1.29 is 29.0 Å². The molecule has 0 unspecified atom stereocenters. The lowest BCUT2D eigenvalue weighted by Crippen LogP contribution is -2.41. The summed E-state index contributed by atoms with van der Waals surface area (Å²) in [5, 5.41) is 14.4. The van der Waals surface area contributed by atoms with Crippen molar-refractivity contribution in [1.82, 2.24) is 15.2 Å². The zero-order chi connectivity index (χ0) is 29.1. The third-order valence-corrected chi connectivity index (χ3v) is 7.57. The molecule has 0 saturated heterocycles. The molecule has 0 aliphatic carbocycles. The lowest BCUT2D eigenvalue weighted by Gasteiger charge is -2.33. The van der Waals surface area contributed by atoms with Crippen LogP contribution < -0.4 is 5.32 Å². The van der Waals surface area contributed by atoms with Crippen molar-refractivity contribution in [3.8, 4) is 0 Å². The monoisotopic (exact) mass is 559 g/mol. The van der Waals surface area contributed by atoms with Gasteiger partial charge in [-0.2, -0.15) is 0 Å². The van der Waals surface area contributed by atoms with E-state index in [1.165, 1.54) is 18.3 Å². The number of amides is 2. The number of hydrogen-bond donors (Lipinski definition) is 2. The van der Waals surface area contributed by atoms with Gasteiger partial charge < -0.3 is 20.1 Å². The Kier molecular flexibility index (Phi) is 12.6. The second-order valence-corrected chi connectivity index (χ2v) is 11.2. The van der Waals surface area contributed by atoms with Crippen LogP contribution in [0, 0.1) is 11.8 Å². The Labute approximate surface area is 235 Å². The maximum Gasteiger partial charge on any atom is 0.306 e. The normalized spacial score (nSPS) is 14.2. The molecular weight excluding hydrogens is 518 g/mol. The summed E-state index contributed by atoms with van der Waals surface area (Å²) in [5.74, 6) is -2.34. The van der Waals surface area contributed by atoms with Gasteiger partial charge in [-0.05, 0) is 30.7 Å². The van der Waals surface area contributed by atoms with Crippen LogP contribution in [0.25, 0.3) is 0 Å². The first-order valence-corrected chi connectivity index (χ1v) is 14.3. The number of ether oxygens (including phenoxy) is 1. The van der Waals surface area contributed by atoms with Gasteiger partial charge in [0.25, 0.3) is 5.91 Å². The molecule has 2 rings (SSSR count). The van der Waals surface area contributed by atoms with Crippen molar-refractivity contribution in [2.45, 2.75) is 84.9 Å². The Hall–Kier alpha value is -3.27. The predicted octanol–water partition coefficient (Wildman–Crippen LogP) is 4.87. The summed E-state index contributed by atoms with van der Waals surface area (Å²) >= 11 is 1.22. The molecule has 0 radical (unpaired) electrons. The van der Waals surface area contributed by atoms with E-state index in [1.807, 2.05) is 51.1 Å². The molecular formula is C29H41N3O6S.